The molecule has 0 aliphatic carbocycles. The molecule has 2 aromatic heterocycles. The third-order valence-corrected chi connectivity index (χ3v) is 3.41. The number of pyridine rings is 1. The number of hydrogen-bond acceptors (Lipinski definition) is 4. The van der Waals surface area contributed by atoms with Crippen LogP contribution in [0.15, 0.2) is 34.9 Å². The van der Waals surface area contributed by atoms with Gasteiger partial charge in [-0.1, -0.05) is 13.8 Å². The van der Waals surface area contributed by atoms with E-state index in [1.165, 1.54) is 5.56 Å². The predicted octanol–water partition coefficient (Wildman–Crippen LogP) is 3.37. The van der Waals surface area contributed by atoms with Gasteiger partial charge >= 0.3 is 0 Å². The van der Waals surface area contributed by atoms with Gasteiger partial charge in [-0.05, 0) is 49.2 Å². The Balaban J connectivity index is 2.11. The molecule has 0 saturated heterocycles. The van der Waals surface area contributed by atoms with Crippen LogP contribution >= 0.6 is 0 Å². The third-order valence-electron chi connectivity index (χ3n) is 3.41. The van der Waals surface area contributed by atoms with E-state index in [-0.39, 0.29) is 0 Å². The van der Waals surface area contributed by atoms with Crippen LogP contribution in [0, 0.1) is 0 Å². The molecular weight excluding hydrogens is 262 g/mol. The fourth-order valence-corrected chi connectivity index (χ4v) is 2.24. The van der Waals surface area contributed by atoms with E-state index >= 15 is 0 Å². The number of hydrogen-bond donors (Lipinski definition) is 1. The van der Waals surface area contributed by atoms with E-state index < -0.39 is 0 Å². The highest BCUT2D eigenvalue weighted by atomic mass is 16.3. The Labute approximate surface area is 127 Å². The molecule has 4 nitrogen and oxygen atoms in total. The number of nitrogens with zero attached hydrogens (tertiary/aromatic N) is 2. The lowest BCUT2D eigenvalue weighted by molar-refractivity contribution is 0.507. The maximum atomic E-state index is 5.41. The Morgan fingerprint density at radius 3 is 2.81 bits per heavy atom. The molecule has 0 unspecified atom stereocenters. The fraction of sp³-hybridized carbons (Fsp3) is 0.471. The van der Waals surface area contributed by atoms with E-state index in [0.717, 1.165) is 49.7 Å². The van der Waals surface area contributed by atoms with Crippen molar-refractivity contribution in [1.82, 2.24) is 10.3 Å². The number of rotatable bonds is 8. The van der Waals surface area contributed by atoms with Crippen LogP contribution in [0.1, 0.15) is 37.3 Å². The van der Waals surface area contributed by atoms with Crippen molar-refractivity contribution in [2.24, 2.45) is 0 Å². The summed E-state index contributed by atoms with van der Waals surface area (Å²) in [6.45, 7) is 6.99. The number of aryl methyl sites for hydroxylation is 1. The van der Waals surface area contributed by atoms with E-state index in [0.29, 0.717) is 0 Å². The highest BCUT2D eigenvalue weighted by Crippen LogP contribution is 2.17. The van der Waals surface area contributed by atoms with Crippen LogP contribution in [0.5, 0.6) is 0 Å². The largest absolute Gasteiger partial charge is 0.467 e. The Morgan fingerprint density at radius 2 is 2.14 bits per heavy atom. The summed E-state index contributed by atoms with van der Waals surface area (Å²) >= 11 is 0. The van der Waals surface area contributed by atoms with Crippen molar-refractivity contribution in [2.45, 2.75) is 39.8 Å². The Hall–Kier alpha value is -1.81. The molecule has 1 N–H and O–H groups in total. The van der Waals surface area contributed by atoms with Gasteiger partial charge in [0, 0.05) is 19.3 Å². The smallest absolute Gasteiger partial charge is 0.129 e. The third kappa shape index (κ3) is 4.60. The van der Waals surface area contributed by atoms with Gasteiger partial charge in [-0.3, -0.25) is 0 Å². The monoisotopic (exact) mass is 287 g/mol. The van der Waals surface area contributed by atoms with E-state index in [1.54, 1.807) is 6.26 Å². The highest BCUT2D eigenvalue weighted by molar-refractivity contribution is 5.42. The van der Waals surface area contributed by atoms with E-state index in [9.17, 15) is 0 Å². The van der Waals surface area contributed by atoms with Gasteiger partial charge in [-0.2, -0.15) is 0 Å². The van der Waals surface area contributed by atoms with Crippen LogP contribution in [0.25, 0.3) is 0 Å². The molecule has 0 amide bonds. The number of aromatic nitrogens is 1. The summed E-state index contributed by atoms with van der Waals surface area (Å²) < 4.78 is 5.41. The summed E-state index contributed by atoms with van der Waals surface area (Å²) in [7, 11) is 2.05. The van der Waals surface area contributed by atoms with Crippen molar-refractivity contribution in [2.75, 3.05) is 18.5 Å². The first kappa shape index (κ1) is 15.6. The first-order chi connectivity index (χ1) is 10.2. The minimum atomic E-state index is 0.731. The maximum absolute atomic E-state index is 5.41. The topological polar surface area (TPSA) is 41.3 Å². The number of furan rings is 1. The quantitative estimate of drug-likeness (QED) is 0.756. The second-order valence-corrected chi connectivity index (χ2v) is 5.29. The zero-order chi connectivity index (χ0) is 15.1. The summed E-state index contributed by atoms with van der Waals surface area (Å²) in [5, 5.41) is 3.45. The zero-order valence-electron chi connectivity index (χ0n) is 13.2. The Bertz CT molecular complexity index is 537. The van der Waals surface area contributed by atoms with E-state index in [1.807, 2.05) is 19.2 Å². The maximum Gasteiger partial charge on any atom is 0.129 e. The van der Waals surface area contributed by atoms with Crippen LogP contribution < -0.4 is 10.2 Å². The predicted molar refractivity (Wildman–Crippen MR) is 86.4 cm³/mol. The summed E-state index contributed by atoms with van der Waals surface area (Å²) in [6, 6.07) is 8.25. The molecule has 2 rings (SSSR count). The van der Waals surface area contributed by atoms with Crippen molar-refractivity contribution in [1.29, 1.82) is 0 Å². The summed E-state index contributed by atoms with van der Waals surface area (Å²) in [5.41, 5.74) is 2.42. The second kappa shape index (κ2) is 7.84. The summed E-state index contributed by atoms with van der Waals surface area (Å²) in [6.07, 6.45) is 3.80. The van der Waals surface area contributed by atoms with E-state index in [2.05, 4.69) is 36.2 Å². The van der Waals surface area contributed by atoms with Crippen molar-refractivity contribution in [3.05, 3.63) is 47.5 Å². The molecule has 0 saturated carbocycles. The summed E-state index contributed by atoms with van der Waals surface area (Å²) in [5.74, 6) is 1.95. The number of anilines is 1. The van der Waals surface area contributed by atoms with Gasteiger partial charge in [-0.15, -0.1) is 0 Å². The Morgan fingerprint density at radius 1 is 1.29 bits per heavy atom. The first-order valence-electron chi connectivity index (χ1n) is 7.67. The van der Waals surface area contributed by atoms with E-state index in [4.69, 9.17) is 9.40 Å². The molecule has 114 valence electrons. The molecule has 0 aliphatic heterocycles. The van der Waals surface area contributed by atoms with Crippen LogP contribution in [-0.4, -0.2) is 18.6 Å². The van der Waals surface area contributed by atoms with Gasteiger partial charge < -0.3 is 14.6 Å². The summed E-state index contributed by atoms with van der Waals surface area (Å²) in [4.78, 5) is 6.84. The molecule has 0 aliphatic rings. The molecule has 21 heavy (non-hydrogen) atoms. The van der Waals surface area contributed by atoms with Crippen LogP contribution in [0.3, 0.4) is 0 Å². The fourth-order valence-electron chi connectivity index (χ4n) is 2.24. The van der Waals surface area contributed by atoms with Crippen LogP contribution in [0.4, 0.5) is 5.82 Å². The molecule has 0 spiro atoms. The first-order valence-corrected chi connectivity index (χ1v) is 7.67. The highest BCUT2D eigenvalue weighted by Gasteiger charge is 2.08. The Kier molecular flexibility index (Phi) is 5.81. The van der Waals surface area contributed by atoms with Crippen LogP contribution in [0.2, 0.25) is 0 Å². The van der Waals surface area contributed by atoms with Gasteiger partial charge in [-0.25, -0.2) is 4.98 Å². The van der Waals surface area contributed by atoms with Gasteiger partial charge in [0.05, 0.1) is 12.8 Å². The molecule has 0 radical (unpaired) electrons. The molecule has 4 heteroatoms. The minimum Gasteiger partial charge on any atom is -0.467 e. The lowest BCUT2D eigenvalue weighted by Crippen LogP contribution is -2.19. The average Bonchev–Trinajstić information content (AvgIpc) is 3.00. The number of nitrogens with one attached hydrogen (secondary N) is 1. The zero-order valence-corrected chi connectivity index (χ0v) is 13.2. The average molecular weight is 287 g/mol. The van der Waals surface area contributed by atoms with Gasteiger partial charge in [0.2, 0.25) is 0 Å². The SMILES string of the molecule is CCCNCc1cc(CC)nc(N(C)Cc2ccco2)c1. The molecule has 0 atom stereocenters. The molecule has 0 bridgehead atoms. The molecule has 2 aromatic rings. The van der Waals surface area contributed by atoms with Crippen molar-refractivity contribution < 1.29 is 4.42 Å². The van der Waals surface area contributed by atoms with Crippen molar-refractivity contribution in [3.63, 3.8) is 0 Å². The second-order valence-electron chi connectivity index (χ2n) is 5.29. The molecule has 0 fully saturated rings. The standard InChI is InChI=1S/C17H25N3O/c1-4-8-18-12-14-10-15(5-2)19-17(11-14)20(3)13-16-7-6-9-21-16/h6-7,9-11,18H,4-5,8,12-13H2,1-3H3. The lowest BCUT2D eigenvalue weighted by Gasteiger charge is -2.19. The lowest BCUT2D eigenvalue weighted by atomic mass is 10.2. The molecule has 0 aromatic carbocycles. The van der Waals surface area contributed by atoms with Crippen molar-refractivity contribution >= 4 is 5.82 Å². The van der Waals surface area contributed by atoms with Gasteiger partial charge in [0.15, 0.2) is 0 Å². The van der Waals surface area contributed by atoms with Crippen LogP contribution in [-0.2, 0) is 19.5 Å². The normalized spacial score (nSPS) is 10.8. The van der Waals surface area contributed by atoms with Crippen molar-refractivity contribution in [3.8, 4) is 0 Å². The van der Waals surface area contributed by atoms with Gasteiger partial charge in [0.25, 0.3) is 0 Å². The molecular formula is C17H25N3O. The minimum absolute atomic E-state index is 0.731. The van der Waals surface area contributed by atoms with Gasteiger partial charge in [0.1, 0.15) is 11.6 Å². The molecule has 2 heterocycles.